The van der Waals surface area contributed by atoms with Gasteiger partial charge in [0.15, 0.2) is 20.4 Å². The number of ether oxygens (including phenoxy) is 1. The summed E-state index contributed by atoms with van der Waals surface area (Å²) >= 11 is 0. The Kier molecular flexibility index (Phi) is 6.33. The maximum absolute atomic E-state index is 15.1. The molecule has 0 spiro atoms. The van der Waals surface area contributed by atoms with Crippen molar-refractivity contribution in [1.29, 1.82) is 0 Å². The third-order valence-electron chi connectivity index (χ3n) is 5.56. The van der Waals surface area contributed by atoms with Gasteiger partial charge in [-0.05, 0) is 37.1 Å². The topological polar surface area (TPSA) is 128 Å². The van der Waals surface area contributed by atoms with Crippen LogP contribution in [0, 0.1) is 5.82 Å². The van der Waals surface area contributed by atoms with Crippen LogP contribution in [-0.4, -0.2) is 47.2 Å². The van der Waals surface area contributed by atoms with E-state index in [1.54, 1.807) is 24.3 Å². The van der Waals surface area contributed by atoms with Gasteiger partial charge in [0.2, 0.25) is 0 Å². The Hall–Kier alpha value is -3.31. The van der Waals surface area contributed by atoms with E-state index >= 15 is 4.39 Å². The summed E-state index contributed by atoms with van der Waals surface area (Å²) in [5.74, 6) is -1.17. The van der Waals surface area contributed by atoms with Crippen molar-refractivity contribution >= 4 is 26.6 Å². The number of amides is 1. The molecule has 0 aliphatic heterocycles. The molecule has 2 N–H and O–H groups in total. The standard InChI is InChI=1S/C21H22FN3O6S/c1-21(20(27)24-28,32(3,29)30)10-11-25-12-23-18-16(19(25)26)9-8-15(17(18)22)13-4-6-14(31-2)7-5-13/h4-9,12,28H,10-11H2,1-3H3,(H,24,27)/t21-/m0/s1. The molecule has 0 aliphatic carbocycles. The van der Waals surface area contributed by atoms with E-state index in [1.165, 1.54) is 24.7 Å². The Morgan fingerprint density at radius 1 is 1.25 bits per heavy atom. The third-order valence-corrected chi connectivity index (χ3v) is 7.59. The van der Waals surface area contributed by atoms with Crippen molar-refractivity contribution in [1.82, 2.24) is 15.0 Å². The molecule has 1 aromatic heterocycles. The Labute approximate surface area is 183 Å². The molecule has 2 aromatic carbocycles. The molecule has 0 aliphatic rings. The van der Waals surface area contributed by atoms with Gasteiger partial charge in [-0.3, -0.25) is 19.4 Å². The van der Waals surface area contributed by atoms with Gasteiger partial charge in [0.1, 0.15) is 11.3 Å². The maximum atomic E-state index is 15.1. The Morgan fingerprint density at radius 3 is 2.47 bits per heavy atom. The molecule has 1 amide bonds. The van der Waals surface area contributed by atoms with Gasteiger partial charge in [-0.25, -0.2) is 23.3 Å². The Morgan fingerprint density at radius 2 is 1.91 bits per heavy atom. The van der Waals surface area contributed by atoms with E-state index in [1.807, 2.05) is 0 Å². The zero-order valence-corrected chi connectivity index (χ0v) is 18.4. The maximum Gasteiger partial charge on any atom is 0.264 e. The van der Waals surface area contributed by atoms with Gasteiger partial charge in [-0.15, -0.1) is 0 Å². The molecule has 3 rings (SSSR count). The summed E-state index contributed by atoms with van der Waals surface area (Å²) in [5.41, 5.74) is 1.47. The number of nitrogens with zero attached hydrogens (tertiary/aromatic N) is 2. The SMILES string of the molecule is COc1ccc(-c2ccc3c(=O)n(CC[C@@](C)(C(=O)NO)S(C)(=O)=O)cnc3c2F)cc1. The van der Waals surface area contributed by atoms with Gasteiger partial charge in [0.05, 0.1) is 18.8 Å². The number of nitrogens with one attached hydrogen (secondary N) is 1. The average Bonchev–Trinajstić information content (AvgIpc) is 2.77. The second kappa shape index (κ2) is 8.67. The van der Waals surface area contributed by atoms with Crippen LogP contribution in [0.25, 0.3) is 22.0 Å². The predicted octanol–water partition coefficient (Wildman–Crippen LogP) is 1.91. The fourth-order valence-corrected chi connectivity index (χ4v) is 4.11. The van der Waals surface area contributed by atoms with E-state index in [4.69, 9.17) is 9.94 Å². The third kappa shape index (κ3) is 4.08. The molecule has 1 heterocycles. The Balaban J connectivity index is 1.99. The molecule has 0 saturated carbocycles. The number of aryl methyl sites for hydroxylation is 1. The van der Waals surface area contributed by atoms with Gasteiger partial charge < -0.3 is 4.74 Å². The largest absolute Gasteiger partial charge is 0.497 e. The number of fused-ring (bicyclic) bond motifs is 1. The minimum absolute atomic E-state index is 0.00919. The zero-order chi connectivity index (χ0) is 23.7. The summed E-state index contributed by atoms with van der Waals surface area (Å²) in [6.45, 7) is 0.953. The number of benzene rings is 2. The van der Waals surface area contributed by atoms with E-state index in [9.17, 15) is 18.0 Å². The highest BCUT2D eigenvalue weighted by atomic mass is 32.2. The highest BCUT2D eigenvalue weighted by molar-refractivity contribution is 7.92. The molecule has 0 unspecified atom stereocenters. The first-order chi connectivity index (χ1) is 15.0. The van der Waals surface area contributed by atoms with Gasteiger partial charge >= 0.3 is 0 Å². The predicted molar refractivity (Wildman–Crippen MR) is 116 cm³/mol. The van der Waals surface area contributed by atoms with Crippen LogP contribution in [0.3, 0.4) is 0 Å². The molecule has 170 valence electrons. The fourth-order valence-electron chi connectivity index (χ4n) is 3.27. The number of sulfone groups is 1. The summed E-state index contributed by atoms with van der Waals surface area (Å²) < 4.78 is 43.5. The van der Waals surface area contributed by atoms with Crippen LogP contribution in [-0.2, 0) is 21.2 Å². The molecule has 0 fully saturated rings. The summed E-state index contributed by atoms with van der Waals surface area (Å²) in [4.78, 5) is 28.9. The number of rotatable bonds is 7. The molecule has 32 heavy (non-hydrogen) atoms. The number of hydrogen-bond donors (Lipinski definition) is 2. The van der Waals surface area contributed by atoms with Crippen molar-refractivity contribution in [2.45, 2.75) is 24.6 Å². The minimum atomic E-state index is -3.93. The van der Waals surface area contributed by atoms with Gasteiger partial charge in [-0.2, -0.15) is 0 Å². The van der Waals surface area contributed by atoms with Crippen LogP contribution in [0.5, 0.6) is 5.75 Å². The molecular weight excluding hydrogens is 441 g/mol. The molecular formula is C21H22FN3O6S. The van der Waals surface area contributed by atoms with Crippen molar-refractivity contribution in [3.8, 4) is 16.9 Å². The number of carbonyl (C=O) groups excluding carboxylic acids is 1. The van der Waals surface area contributed by atoms with Crippen LogP contribution in [0.15, 0.2) is 47.5 Å². The van der Waals surface area contributed by atoms with E-state index < -0.39 is 31.9 Å². The van der Waals surface area contributed by atoms with E-state index in [0.29, 0.717) is 11.3 Å². The molecule has 1 atom stereocenters. The van der Waals surface area contributed by atoms with Crippen molar-refractivity contribution in [2.75, 3.05) is 13.4 Å². The van der Waals surface area contributed by atoms with E-state index in [0.717, 1.165) is 24.1 Å². The van der Waals surface area contributed by atoms with Crippen molar-refractivity contribution < 1.29 is 27.5 Å². The normalized spacial score (nSPS) is 13.5. The molecule has 0 radical (unpaired) electrons. The van der Waals surface area contributed by atoms with Crippen LogP contribution < -0.4 is 15.8 Å². The van der Waals surface area contributed by atoms with Crippen molar-refractivity contribution in [3.05, 3.63) is 58.9 Å². The van der Waals surface area contributed by atoms with Crippen LogP contribution in [0.4, 0.5) is 4.39 Å². The van der Waals surface area contributed by atoms with Gasteiger partial charge in [0.25, 0.3) is 11.5 Å². The molecule has 0 saturated heterocycles. The van der Waals surface area contributed by atoms with E-state index in [2.05, 4.69) is 4.98 Å². The first kappa shape index (κ1) is 23.4. The molecule has 9 nitrogen and oxygen atoms in total. The number of methoxy groups -OCH3 is 1. The van der Waals surface area contributed by atoms with Crippen molar-refractivity contribution in [2.24, 2.45) is 0 Å². The van der Waals surface area contributed by atoms with Gasteiger partial charge in [-0.1, -0.05) is 18.2 Å². The lowest BCUT2D eigenvalue weighted by molar-refractivity contribution is -0.131. The fraction of sp³-hybridized carbons (Fsp3) is 0.286. The summed E-state index contributed by atoms with van der Waals surface area (Å²) in [6, 6.07) is 9.65. The second-order valence-electron chi connectivity index (χ2n) is 7.49. The lowest BCUT2D eigenvalue weighted by Gasteiger charge is -2.25. The molecule has 0 bridgehead atoms. The summed E-state index contributed by atoms with van der Waals surface area (Å²) in [7, 11) is -2.40. The second-order valence-corrected chi connectivity index (χ2v) is 9.93. The number of halogens is 1. The molecule has 3 aromatic rings. The first-order valence-corrected chi connectivity index (χ1v) is 11.4. The number of hydroxylamine groups is 1. The van der Waals surface area contributed by atoms with Crippen LogP contribution in [0.2, 0.25) is 0 Å². The zero-order valence-electron chi connectivity index (χ0n) is 17.6. The van der Waals surface area contributed by atoms with Crippen LogP contribution >= 0.6 is 0 Å². The van der Waals surface area contributed by atoms with Gasteiger partial charge in [0, 0.05) is 18.4 Å². The quantitative estimate of drug-likeness (QED) is 0.405. The highest BCUT2D eigenvalue weighted by Crippen LogP contribution is 2.28. The van der Waals surface area contributed by atoms with Crippen LogP contribution in [0.1, 0.15) is 13.3 Å². The smallest absolute Gasteiger partial charge is 0.264 e. The lowest BCUT2D eigenvalue weighted by atomic mass is 10.0. The highest BCUT2D eigenvalue weighted by Gasteiger charge is 2.43. The summed E-state index contributed by atoms with van der Waals surface area (Å²) in [6.07, 6.45) is 1.66. The monoisotopic (exact) mass is 463 g/mol. The minimum Gasteiger partial charge on any atom is -0.497 e. The van der Waals surface area contributed by atoms with Crippen molar-refractivity contribution in [3.63, 3.8) is 0 Å². The number of aromatic nitrogens is 2. The van der Waals surface area contributed by atoms with E-state index in [-0.39, 0.29) is 29.4 Å². The average molecular weight is 463 g/mol. The first-order valence-electron chi connectivity index (χ1n) is 9.49. The number of hydrogen-bond acceptors (Lipinski definition) is 7. The Bertz CT molecular complexity index is 1340. The lowest BCUT2D eigenvalue weighted by Crippen LogP contribution is -2.50. The molecule has 11 heteroatoms. The summed E-state index contributed by atoms with van der Waals surface area (Å²) in [5, 5.41) is 8.92. The number of carbonyl (C=O) groups is 1.